The van der Waals surface area contributed by atoms with Gasteiger partial charge in [0.2, 0.25) is 5.82 Å². The average Bonchev–Trinajstić information content (AvgIpc) is 3.60. The number of pyridine rings is 1. The van der Waals surface area contributed by atoms with Gasteiger partial charge in [0.1, 0.15) is 5.60 Å². The fourth-order valence-electron chi connectivity index (χ4n) is 3.43. The molecule has 268 valence electrons. The normalized spacial score (nSPS) is 13.6. The van der Waals surface area contributed by atoms with Crippen molar-refractivity contribution in [2.45, 2.75) is 129 Å². The van der Waals surface area contributed by atoms with Gasteiger partial charge >= 0.3 is 0 Å². The molecule has 48 heavy (non-hydrogen) atoms. The standard InChI is InChI=1S/C11H12F4O.C9H13NS.C8H13NO3.C7H12N2/c1-5-6(12)8(14)9(15)10(7(5)13)16-11(2,3)4;1-9(2,3)11-8-6-4-5-7-10-8;1-8(2,3)12-9-6(10)4-5-7(9)11;1-7(2,3)9-5-4-8-6-9/h1-4H3;4-7H,1-3H3;4-5H2,1-3H3;4-6H,1-3H3. The zero-order valence-electron chi connectivity index (χ0n) is 30.3. The van der Waals surface area contributed by atoms with Crippen LogP contribution in [0.2, 0.25) is 0 Å². The summed E-state index contributed by atoms with van der Waals surface area (Å²) in [5, 5.41) is 1.97. The second-order valence-corrected chi connectivity index (χ2v) is 16.6. The molecule has 3 heterocycles. The first-order chi connectivity index (χ1) is 21.7. The number of hydrogen-bond acceptors (Lipinski definition) is 7. The van der Waals surface area contributed by atoms with E-state index in [2.05, 4.69) is 56.1 Å². The third kappa shape index (κ3) is 15.2. The number of halogens is 4. The van der Waals surface area contributed by atoms with Gasteiger partial charge in [-0.2, -0.15) is 9.45 Å². The Morgan fingerprint density at radius 1 is 0.750 bits per heavy atom. The molecule has 3 aromatic rings. The molecule has 2 aromatic heterocycles. The van der Waals surface area contributed by atoms with Gasteiger partial charge in [-0.1, -0.05) is 26.8 Å². The molecule has 1 fully saturated rings. The number of thioether (sulfide) groups is 1. The van der Waals surface area contributed by atoms with E-state index in [4.69, 9.17) is 9.57 Å². The minimum atomic E-state index is -1.72. The van der Waals surface area contributed by atoms with Crippen molar-refractivity contribution in [1.29, 1.82) is 0 Å². The van der Waals surface area contributed by atoms with E-state index in [1.54, 1.807) is 59.5 Å². The number of carbonyl (C=O) groups excluding carboxylic acids is 2. The van der Waals surface area contributed by atoms with E-state index in [1.165, 1.54) is 0 Å². The largest absolute Gasteiger partial charge is 0.482 e. The molecule has 0 unspecified atom stereocenters. The van der Waals surface area contributed by atoms with Crippen LogP contribution in [0.4, 0.5) is 17.6 Å². The number of ether oxygens (including phenoxy) is 1. The molecular weight excluding hydrogens is 648 g/mol. The Morgan fingerprint density at radius 2 is 1.31 bits per heavy atom. The zero-order chi connectivity index (χ0) is 37.3. The highest BCUT2D eigenvalue weighted by Crippen LogP contribution is 2.32. The van der Waals surface area contributed by atoms with Gasteiger partial charge in [-0.25, -0.2) is 23.1 Å². The van der Waals surface area contributed by atoms with Crippen LogP contribution in [0.25, 0.3) is 0 Å². The Hall–Kier alpha value is -3.45. The van der Waals surface area contributed by atoms with Crippen LogP contribution in [-0.4, -0.2) is 47.4 Å². The molecule has 2 amide bonds. The van der Waals surface area contributed by atoms with Gasteiger partial charge in [0.05, 0.1) is 17.0 Å². The molecular formula is C35H50F4N4O4S. The van der Waals surface area contributed by atoms with Crippen LogP contribution < -0.4 is 4.74 Å². The van der Waals surface area contributed by atoms with Crippen molar-refractivity contribution in [2.75, 3.05) is 0 Å². The van der Waals surface area contributed by atoms with E-state index in [1.807, 2.05) is 36.9 Å². The molecule has 1 aliphatic heterocycles. The van der Waals surface area contributed by atoms with Crippen LogP contribution in [0.15, 0.2) is 48.1 Å². The first-order valence-corrected chi connectivity index (χ1v) is 16.2. The number of aromatic nitrogens is 3. The average molecular weight is 699 g/mol. The molecule has 4 rings (SSSR count). The molecule has 0 radical (unpaired) electrons. The van der Waals surface area contributed by atoms with Gasteiger partial charge in [-0.05, 0) is 81.4 Å². The summed E-state index contributed by atoms with van der Waals surface area (Å²) in [5.41, 5.74) is -1.82. The number of imidazole rings is 1. The number of hydrogen-bond donors (Lipinski definition) is 0. The van der Waals surface area contributed by atoms with Crippen molar-refractivity contribution in [3.63, 3.8) is 0 Å². The van der Waals surface area contributed by atoms with E-state index in [0.29, 0.717) is 0 Å². The van der Waals surface area contributed by atoms with Gasteiger partial charge in [-0.15, -0.1) is 11.8 Å². The monoisotopic (exact) mass is 698 g/mol. The minimum absolute atomic E-state index is 0.177. The molecule has 13 heteroatoms. The van der Waals surface area contributed by atoms with E-state index < -0.39 is 45.8 Å². The minimum Gasteiger partial charge on any atom is -0.482 e. The summed E-state index contributed by atoms with van der Waals surface area (Å²) in [6, 6.07) is 5.99. The molecule has 0 bridgehead atoms. The number of imide groups is 1. The van der Waals surface area contributed by atoms with E-state index in [-0.39, 0.29) is 34.9 Å². The number of benzene rings is 1. The summed E-state index contributed by atoms with van der Waals surface area (Å²) in [7, 11) is 0. The molecule has 0 spiro atoms. The Morgan fingerprint density at radius 3 is 1.69 bits per heavy atom. The Labute approximate surface area is 286 Å². The zero-order valence-corrected chi connectivity index (χ0v) is 31.1. The maximum Gasteiger partial charge on any atom is 0.254 e. The summed E-state index contributed by atoms with van der Waals surface area (Å²) in [4.78, 5) is 35.4. The molecule has 8 nitrogen and oxygen atoms in total. The summed E-state index contributed by atoms with van der Waals surface area (Å²) in [6.45, 7) is 24.0. The Bertz CT molecular complexity index is 1430. The molecule has 0 N–H and O–H groups in total. The first-order valence-electron chi connectivity index (χ1n) is 15.4. The molecule has 1 aromatic carbocycles. The van der Waals surface area contributed by atoms with Crippen molar-refractivity contribution >= 4 is 23.6 Å². The molecule has 0 atom stereocenters. The van der Waals surface area contributed by atoms with Crippen molar-refractivity contribution < 1.29 is 36.7 Å². The van der Waals surface area contributed by atoms with Gasteiger partial charge in [0.25, 0.3) is 11.8 Å². The topological polar surface area (TPSA) is 86.6 Å². The van der Waals surface area contributed by atoms with Gasteiger partial charge in [0.15, 0.2) is 23.2 Å². The third-order valence-corrected chi connectivity index (χ3v) is 6.61. The second-order valence-electron chi connectivity index (χ2n) is 14.7. The lowest BCUT2D eigenvalue weighted by atomic mass is 10.1. The maximum atomic E-state index is 13.5. The lowest BCUT2D eigenvalue weighted by Crippen LogP contribution is -2.37. The Balaban J connectivity index is 0.000000327. The van der Waals surface area contributed by atoms with Crippen LogP contribution in [-0.2, 0) is 20.0 Å². The highest BCUT2D eigenvalue weighted by atomic mass is 32.2. The van der Waals surface area contributed by atoms with Crippen molar-refractivity contribution in [1.82, 2.24) is 19.6 Å². The van der Waals surface area contributed by atoms with Crippen molar-refractivity contribution in [2.24, 2.45) is 0 Å². The maximum absolute atomic E-state index is 13.5. The van der Waals surface area contributed by atoms with Gasteiger partial charge < -0.3 is 9.30 Å². The van der Waals surface area contributed by atoms with E-state index >= 15 is 0 Å². The quantitative estimate of drug-likeness (QED) is 0.0887. The summed E-state index contributed by atoms with van der Waals surface area (Å²) >= 11 is 1.79. The Kier molecular flexibility index (Phi) is 15.3. The predicted octanol–water partition coefficient (Wildman–Crippen LogP) is 9.20. The van der Waals surface area contributed by atoms with Crippen LogP contribution >= 0.6 is 11.8 Å². The SMILES string of the molecule is CC(C)(C)ON1C(=O)CCC1=O.CC(C)(C)Sc1ccccn1.CC(C)(C)n1ccnc1.Cc1c(F)c(F)c(F)c(OC(C)(C)C)c1F. The lowest BCUT2D eigenvalue weighted by molar-refractivity contribution is -0.218. The lowest BCUT2D eigenvalue weighted by Gasteiger charge is -2.24. The van der Waals surface area contributed by atoms with E-state index in [9.17, 15) is 27.2 Å². The van der Waals surface area contributed by atoms with Crippen LogP contribution in [0, 0.1) is 30.2 Å². The third-order valence-electron chi connectivity index (χ3n) is 5.55. The number of carbonyl (C=O) groups is 2. The molecule has 1 saturated heterocycles. The van der Waals surface area contributed by atoms with Crippen LogP contribution in [0.5, 0.6) is 5.75 Å². The fourth-order valence-corrected chi connectivity index (χ4v) is 4.32. The second kappa shape index (κ2) is 17.3. The number of rotatable bonds is 3. The van der Waals surface area contributed by atoms with Crippen molar-refractivity contribution in [3.05, 3.63) is 71.9 Å². The van der Waals surface area contributed by atoms with Gasteiger partial charge in [0, 0.05) is 47.3 Å². The van der Waals surface area contributed by atoms with Gasteiger partial charge in [-0.3, -0.25) is 14.4 Å². The smallest absolute Gasteiger partial charge is 0.254 e. The highest BCUT2D eigenvalue weighted by Gasteiger charge is 2.33. The van der Waals surface area contributed by atoms with Crippen LogP contribution in [0.3, 0.4) is 0 Å². The van der Waals surface area contributed by atoms with Crippen LogP contribution in [0.1, 0.15) is 101 Å². The molecule has 1 aliphatic rings. The first kappa shape index (κ1) is 42.6. The number of amides is 2. The molecule has 0 aliphatic carbocycles. The summed E-state index contributed by atoms with van der Waals surface area (Å²) in [6.07, 6.45) is 7.98. The van der Waals surface area contributed by atoms with E-state index in [0.717, 1.165) is 17.0 Å². The fraction of sp³-hybridized carbons (Fsp3) is 0.543. The predicted molar refractivity (Wildman–Crippen MR) is 180 cm³/mol. The summed E-state index contributed by atoms with van der Waals surface area (Å²) in [5.74, 6) is -7.48. The summed E-state index contributed by atoms with van der Waals surface area (Å²) < 4.78 is 59.9. The number of nitrogens with zero attached hydrogens (tertiary/aromatic N) is 4. The molecule has 0 saturated carbocycles. The highest BCUT2D eigenvalue weighted by molar-refractivity contribution is 8.00. The van der Waals surface area contributed by atoms with Crippen molar-refractivity contribution in [3.8, 4) is 5.75 Å². The number of hydroxylamine groups is 2.